The van der Waals surface area contributed by atoms with Crippen molar-refractivity contribution in [2.45, 2.75) is 25.3 Å². The van der Waals surface area contributed by atoms with Crippen molar-refractivity contribution in [2.75, 3.05) is 25.1 Å². The largest absolute Gasteiger partial charge is 0.341 e. The van der Waals surface area contributed by atoms with Gasteiger partial charge in [-0.25, -0.2) is 4.98 Å². The predicted molar refractivity (Wildman–Crippen MR) is 70.1 cm³/mol. The van der Waals surface area contributed by atoms with Crippen molar-refractivity contribution >= 4 is 17.7 Å². The van der Waals surface area contributed by atoms with Gasteiger partial charge in [0.2, 0.25) is 5.91 Å². The van der Waals surface area contributed by atoms with Crippen LogP contribution in [0.4, 0.5) is 0 Å². The molecule has 17 heavy (non-hydrogen) atoms. The predicted octanol–water partition coefficient (Wildman–Crippen LogP) is 1.80. The molecule has 1 aliphatic heterocycles. The van der Waals surface area contributed by atoms with Crippen LogP contribution in [0, 0.1) is 0 Å². The van der Waals surface area contributed by atoms with Gasteiger partial charge in [0.1, 0.15) is 0 Å². The number of rotatable bonds is 4. The number of likely N-dealkylation sites (tertiary alicyclic amines) is 1. The Morgan fingerprint density at radius 1 is 1.59 bits per heavy atom. The smallest absolute Gasteiger partial charge is 0.223 e. The van der Waals surface area contributed by atoms with Gasteiger partial charge in [-0.05, 0) is 19.1 Å². The number of piperidine rings is 1. The maximum atomic E-state index is 12.0. The van der Waals surface area contributed by atoms with Crippen LogP contribution in [0.15, 0.2) is 18.7 Å². The second kappa shape index (κ2) is 6.10. The molecule has 0 unspecified atom stereocenters. The number of hydrogen-bond donors (Lipinski definition) is 0. The molecule has 2 heterocycles. The van der Waals surface area contributed by atoms with Crippen LogP contribution in [0.3, 0.4) is 0 Å². The fourth-order valence-corrected chi connectivity index (χ4v) is 2.64. The van der Waals surface area contributed by atoms with Gasteiger partial charge in [0.25, 0.3) is 0 Å². The van der Waals surface area contributed by atoms with Crippen molar-refractivity contribution in [3.8, 4) is 0 Å². The van der Waals surface area contributed by atoms with E-state index in [1.807, 2.05) is 23.7 Å². The minimum Gasteiger partial charge on any atom is -0.341 e. The molecule has 0 aliphatic carbocycles. The first-order chi connectivity index (χ1) is 8.31. The monoisotopic (exact) mass is 253 g/mol. The van der Waals surface area contributed by atoms with E-state index in [1.54, 1.807) is 18.0 Å². The Labute approximate surface area is 106 Å². The van der Waals surface area contributed by atoms with E-state index in [4.69, 9.17) is 0 Å². The zero-order valence-electron chi connectivity index (χ0n) is 10.2. The molecule has 2 rings (SSSR count). The minimum atomic E-state index is 0.296. The molecule has 1 amide bonds. The van der Waals surface area contributed by atoms with Crippen LogP contribution in [0.1, 0.15) is 25.3 Å². The van der Waals surface area contributed by atoms with Crippen LogP contribution >= 0.6 is 11.8 Å². The van der Waals surface area contributed by atoms with Crippen LogP contribution in [0.25, 0.3) is 0 Å². The highest BCUT2D eigenvalue weighted by molar-refractivity contribution is 7.98. The first-order valence-electron chi connectivity index (χ1n) is 6.05. The van der Waals surface area contributed by atoms with Gasteiger partial charge < -0.3 is 9.47 Å². The lowest BCUT2D eigenvalue weighted by Gasteiger charge is -2.33. The third-order valence-corrected chi connectivity index (χ3v) is 3.83. The van der Waals surface area contributed by atoms with E-state index in [0.29, 0.717) is 18.4 Å². The van der Waals surface area contributed by atoms with Gasteiger partial charge in [-0.15, -0.1) is 0 Å². The summed E-state index contributed by atoms with van der Waals surface area (Å²) in [7, 11) is 0. The number of carbonyl (C=O) groups is 1. The van der Waals surface area contributed by atoms with E-state index >= 15 is 0 Å². The van der Waals surface area contributed by atoms with Crippen molar-refractivity contribution in [3.63, 3.8) is 0 Å². The summed E-state index contributed by atoms with van der Waals surface area (Å²) < 4.78 is 2.12. The van der Waals surface area contributed by atoms with Crippen molar-refractivity contribution < 1.29 is 4.79 Å². The average molecular weight is 253 g/mol. The highest BCUT2D eigenvalue weighted by Gasteiger charge is 2.23. The first kappa shape index (κ1) is 12.5. The fraction of sp³-hybridized carbons (Fsp3) is 0.667. The lowest BCUT2D eigenvalue weighted by Crippen LogP contribution is -2.40. The SMILES string of the molecule is CSCCC(=O)N1CCC[C@H](n2ccnc2)C1. The quantitative estimate of drug-likeness (QED) is 0.821. The molecule has 0 spiro atoms. The van der Waals surface area contributed by atoms with Gasteiger partial charge in [-0.2, -0.15) is 11.8 Å². The van der Waals surface area contributed by atoms with E-state index in [-0.39, 0.29) is 0 Å². The summed E-state index contributed by atoms with van der Waals surface area (Å²) in [4.78, 5) is 18.0. The third-order valence-electron chi connectivity index (χ3n) is 3.22. The lowest BCUT2D eigenvalue weighted by molar-refractivity contribution is -0.132. The summed E-state index contributed by atoms with van der Waals surface area (Å²) in [6.45, 7) is 1.75. The number of thioether (sulfide) groups is 1. The van der Waals surface area contributed by atoms with Crippen LogP contribution in [-0.2, 0) is 4.79 Å². The summed E-state index contributed by atoms with van der Waals surface area (Å²) in [5.41, 5.74) is 0. The number of imidazole rings is 1. The molecule has 5 heteroatoms. The molecular formula is C12H19N3OS. The Kier molecular flexibility index (Phi) is 4.48. The zero-order valence-corrected chi connectivity index (χ0v) is 11.0. The number of amides is 1. The Bertz CT molecular complexity index is 353. The van der Waals surface area contributed by atoms with Crippen molar-refractivity contribution in [1.82, 2.24) is 14.5 Å². The maximum absolute atomic E-state index is 12.0. The lowest BCUT2D eigenvalue weighted by atomic mass is 10.1. The van der Waals surface area contributed by atoms with Crippen molar-refractivity contribution in [1.29, 1.82) is 0 Å². The van der Waals surface area contributed by atoms with E-state index in [0.717, 1.165) is 31.7 Å². The van der Waals surface area contributed by atoms with Crippen LogP contribution in [0.2, 0.25) is 0 Å². The second-order valence-electron chi connectivity index (χ2n) is 4.39. The molecule has 94 valence electrons. The normalized spacial score (nSPS) is 20.5. The molecule has 1 fully saturated rings. The van der Waals surface area contributed by atoms with Crippen LogP contribution in [0.5, 0.6) is 0 Å². The van der Waals surface area contributed by atoms with Gasteiger partial charge in [-0.3, -0.25) is 4.79 Å². The number of carbonyl (C=O) groups excluding carboxylic acids is 1. The fourth-order valence-electron chi connectivity index (χ4n) is 2.26. The Morgan fingerprint density at radius 3 is 3.18 bits per heavy atom. The minimum absolute atomic E-state index is 0.296. The van der Waals surface area contributed by atoms with E-state index in [1.165, 1.54) is 0 Å². The van der Waals surface area contributed by atoms with E-state index in [9.17, 15) is 4.79 Å². The molecule has 0 aromatic carbocycles. The summed E-state index contributed by atoms with van der Waals surface area (Å²) in [6, 6.07) is 0.407. The van der Waals surface area contributed by atoms with Crippen molar-refractivity contribution in [3.05, 3.63) is 18.7 Å². The van der Waals surface area contributed by atoms with E-state index < -0.39 is 0 Å². The summed E-state index contributed by atoms with van der Waals surface area (Å²) in [5, 5.41) is 0. The molecule has 1 aliphatic rings. The van der Waals surface area contributed by atoms with Crippen LogP contribution < -0.4 is 0 Å². The highest BCUT2D eigenvalue weighted by Crippen LogP contribution is 2.21. The molecule has 1 aromatic rings. The van der Waals surface area contributed by atoms with Crippen molar-refractivity contribution in [2.24, 2.45) is 0 Å². The molecule has 0 N–H and O–H groups in total. The Morgan fingerprint density at radius 2 is 2.47 bits per heavy atom. The maximum Gasteiger partial charge on any atom is 0.223 e. The molecule has 0 saturated carbocycles. The van der Waals surface area contributed by atoms with Gasteiger partial charge >= 0.3 is 0 Å². The van der Waals surface area contributed by atoms with Crippen LogP contribution in [-0.4, -0.2) is 45.5 Å². The molecule has 1 aromatic heterocycles. The molecule has 1 atom stereocenters. The van der Waals surface area contributed by atoms with E-state index in [2.05, 4.69) is 9.55 Å². The number of aromatic nitrogens is 2. The van der Waals surface area contributed by atoms with Gasteiger partial charge in [-0.1, -0.05) is 0 Å². The molecule has 1 saturated heterocycles. The third kappa shape index (κ3) is 3.25. The summed E-state index contributed by atoms with van der Waals surface area (Å²) in [6.07, 6.45) is 10.6. The average Bonchev–Trinajstić information content (AvgIpc) is 2.90. The van der Waals surface area contributed by atoms with Gasteiger partial charge in [0.05, 0.1) is 12.4 Å². The topological polar surface area (TPSA) is 38.1 Å². The summed E-state index contributed by atoms with van der Waals surface area (Å²) >= 11 is 1.73. The van der Waals surface area contributed by atoms with Gasteiger partial charge in [0, 0.05) is 37.7 Å². The summed E-state index contributed by atoms with van der Waals surface area (Å²) in [5.74, 6) is 1.22. The molecule has 4 nitrogen and oxygen atoms in total. The number of nitrogens with zero attached hydrogens (tertiary/aromatic N) is 3. The Balaban J connectivity index is 1.90. The Hall–Kier alpha value is -0.970. The van der Waals surface area contributed by atoms with Gasteiger partial charge in [0.15, 0.2) is 0 Å². The second-order valence-corrected chi connectivity index (χ2v) is 5.37. The molecular weight excluding hydrogens is 234 g/mol. The highest BCUT2D eigenvalue weighted by atomic mass is 32.2. The first-order valence-corrected chi connectivity index (χ1v) is 7.45. The molecule has 0 bridgehead atoms. The standard InChI is InChI=1S/C12H19N3OS/c1-17-8-4-12(16)14-6-2-3-11(9-14)15-7-5-13-10-15/h5,7,10-11H,2-4,6,8-9H2,1H3/t11-/m0/s1. The zero-order chi connectivity index (χ0) is 12.1. The molecule has 0 radical (unpaired) electrons. The number of hydrogen-bond acceptors (Lipinski definition) is 3.